The lowest BCUT2D eigenvalue weighted by atomic mass is 10.4. The average molecular weight is 162 g/mol. The van der Waals surface area contributed by atoms with Gasteiger partial charge in [-0.1, -0.05) is 0 Å². The Labute approximate surface area is 63.5 Å². The molecule has 6 heteroatoms. The third-order valence-corrected chi connectivity index (χ3v) is 0.935. The molecule has 64 valence electrons. The van der Waals surface area contributed by atoms with Gasteiger partial charge in [-0.3, -0.25) is 9.63 Å². The quantitative estimate of drug-likeness (QED) is 0.512. The third kappa shape index (κ3) is 2.96. The molecule has 11 heavy (non-hydrogen) atoms. The van der Waals surface area contributed by atoms with Crippen LogP contribution in [-0.4, -0.2) is 35.8 Å². The summed E-state index contributed by atoms with van der Waals surface area (Å²) in [6.07, 6.45) is -0.184. The number of nitrogens with zero attached hydrogens (tertiary/aromatic N) is 1. The number of nitrogens with two attached hydrogens (primary N) is 1. The molecule has 0 aliphatic heterocycles. The van der Waals surface area contributed by atoms with Crippen molar-refractivity contribution in [1.29, 1.82) is 0 Å². The second-order valence-electron chi connectivity index (χ2n) is 1.68. The molecule has 0 aromatic carbocycles. The van der Waals surface area contributed by atoms with E-state index in [0.29, 0.717) is 5.06 Å². The van der Waals surface area contributed by atoms with Gasteiger partial charge in [0.25, 0.3) is 5.91 Å². The second kappa shape index (κ2) is 4.64. The van der Waals surface area contributed by atoms with Crippen LogP contribution in [-0.2, 0) is 9.63 Å². The number of hydrogen-bond donors (Lipinski definition) is 2. The van der Waals surface area contributed by atoms with Gasteiger partial charge in [0, 0.05) is 0 Å². The molecule has 0 heterocycles. The van der Waals surface area contributed by atoms with Crippen LogP contribution in [0.5, 0.6) is 0 Å². The Balaban J connectivity index is 4.03. The minimum Gasteiger partial charge on any atom is -0.396 e. The minimum absolute atomic E-state index is 0.184. The van der Waals surface area contributed by atoms with Crippen LogP contribution in [0.2, 0.25) is 0 Å². The summed E-state index contributed by atoms with van der Waals surface area (Å²) in [6.45, 7) is -0.341. The first-order valence-corrected chi connectivity index (χ1v) is 2.90. The van der Waals surface area contributed by atoms with E-state index in [9.17, 15) is 9.59 Å². The maximum absolute atomic E-state index is 10.8. The van der Waals surface area contributed by atoms with E-state index in [0.717, 1.165) is 7.11 Å². The maximum Gasteiger partial charge on any atom is 0.346 e. The number of urea groups is 1. The molecule has 0 unspecified atom stereocenters. The van der Waals surface area contributed by atoms with E-state index in [4.69, 9.17) is 10.8 Å². The van der Waals surface area contributed by atoms with Crippen LogP contribution < -0.4 is 5.73 Å². The van der Waals surface area contributed by atoms with E-state index in [1.807, 2.05) is 0 Å². The number of hydrogen-bond acceptors (Lipinski definition) is 4. The van der Waals surface area contributed by atoms with E-state index >= 15 is 0 Å². The molecule has 0 aliphatic carbocycles. The Morgan fingerprint density at radius 1 is 1.64 bits per heavy atom. The number of aliphatic hydroxyl groups excluding tert-OH is 1. The predicted octanol–water partition coefficient (Wildman–Crippen LogP) is -1.16. The van der Waals surface area contributed by atoms with E-state index < -0.39 is 11.9 Å². The summed E-state index contributed by atoms with van der Waals surface area (Å²) in [5, 5.41) is 8.69. The third-order valence-electron chi connectivity index (χ3n) is 0.935. The van der Waals surface area contributed by atoms with E-state index in [2.05, 4.69) is 4.84 Å². The Kier molecular flexibility index (Phi) is 4.16. The molecule has 0 saturated heterocycles. The number of aliphatic hydroxyl groups is 1. The molecule has 0 saturated carbocycles. The number of carbonyl (C=O) groups excluding carboxylic acids is 2. The Morgan fingerprint density at radius 2 is 2.18 bits per heavy atom. The molecule has 6 nitrogen and oxygen atoms in total. The number of primary amides is 1. The number of rotatable bonds is 3. The van der Waals surface area contributed by atoms with E-state index in [-0.39, 0.29) is 13.0 Å². The highest BCUT2D eigenvalue weighted by molar-refractivity contribution is 5.92. The van der Waals surface area contributed by atoms with Crippen molar-refractivity contribution in [3.8, 4) is 0 Å². The topological polar surface area (TPSA) is 92.9 Å². The number of imide groups is 1. The van der Waals surface area contributed by atoms with Crippen LogP contribution >= 0.6 is 0 Å². The van der Waals surface area contributed by atoms with Crippen molar-refractivity contribution in [2.24, 2.45) is 5.73 Å². The zero-order chi connectivity index (χ0) is 8.85. The normalized spacial score (nSPS) is 9.27. The molecule has 0 bridgehead atoms. The van der Waals surface area contributed by atoms with Gasteiger partial charge in [0.2, 0.25) is 0 Å². The fourth-order valence-corrected chi connectivity index (χ4v) is 0.512. The van der Waals surface area contributed by atoms with E-state index in [1.54, 1.807) is 0 Å². The Bertz CT molecular complexity index is 159. The minimum atomic E-state index is -0.994. The molecule has 0 spiro atoms. The van der Waals surface area contributed by atoms with Crippen molar-refractivity contribution in [3.05, 3.63) is 0 Å². The molecule has 0 aromatic rings. The molecule has 0 rings (SSSR count). The van der Waals surface area contributed by atoms with Gasteiger partial charge in [0.15, 0.2) is 0 Å². The van der Waals surface area contributed by atoms with Crippen molar-refractivity contribution in [2.45, 2.75) is 6.42 Å². The van der Waals surface area contributed by atoms with Gasteiger partial charge in [-0.05, 0) is 0 Å². The van der Waals surface area contributed by atoms with Crippen LogP contribution in [0.25, 0.3) is 0 Å². The van der Waals surface area contributed by atoms with Crippen molar-refractivity contribution in [1.82, 2.24) is 5.06 Å². The highest BCUT2D eigenvalue weighted by Crippen LogP contribution is 1.92. The van der Waals surface area contributed by atoms with Gasteiger partial charge >= 0.3 is 6.03 Å². The van der Waals surface area contributed by atoms with Crippen LogP contribution in [0.15, 0.2) is 0 Å². The Morgan fingerprint density at radius 3 is 2.45 bits per heavy atom. The van der Waals surface area contributed by atoms with Gasteiger partial charge in [0.05, 0.1) is 20.1 Å². The second-order valence-corrected chi connectivity index (χ2v) is 1.68. The smallest absolute Gasteiger partial charge is 0.346 e. The highest BCUT2D eigenvalue weighted by Gasteiger charge is 2.17. The van der Waals surface area contributed by atoms with Gasteiger partial charge in [-0.15, -0.1) is 5.06 Å². The zero-order valence-corrected chi connectivity index (χ0v) is 6.11. The Hall–Kier alpha value is -1.14. The van der Waals surface area contributed by atoms with Gasteiger partial charge in [-0.25, -0.2) is 4.79 Å². The molecule has 0 radical (unpaired) electrons. The number of hydroxylamine groups is 2. The summed E-state index contributed by atoms with van der Waals surface area (Å²) in [5.74, 6) is -0.664. The van der Waals surface area contributed by atoms with Crippen molar-refractivity contribution < 1.29 is 19.5 Å². The standard InChI is InChI=1S/C5H10N2O4/c1-11-7(5(6)10)4(9)2-3-8/h8H,2-3H2,1H3,(H2,6,10). The molecular formula is C5H10N2O4. The molecule has 3 amide bonds. The summed E-state index contributed by atoms with van der Waals surface area (Å²) in [4.78, 5) is 25.4. The van der Waals surface area contributed by atoms with E-state index in [1.165, 1.54) is 0 Å². The van der Waals surface area contributed by atoms with Crippen LogP contribution in [0.3, 0.4) is 0 Å². The number of amides is 3. The molecule has 0 aliphatic rings. The predicted molar refractivity (Wildman–Crippen MR) is 35.1 cm³/mol. The fraction of sp³-hybridized carbons (Fsp3) is 0.600. The van der Waals surface area contributed by atoms with Crippen molar-refractivity contribution in [3.63, 3.8) is 0 Å². The van der Waals surface area contributed by atoms with Crippen molar-refractivity contribution >= 4 is 11.9 Å². The first-order valence-electron chi connectivity index (χ1n) is 2.90. The SMILES string of the molecule is CON(C(N)=O)C(=O)CCO. The summed E-state index contributed by atoms with van der Waals surface area (Å²) in [5.41, 5.74) is 4.74. The van der Waals surface area contributed by atoms with Gasteiger partial charge in [0.1, 0.15) is 0 Å². The molecule has 0 fully saturated rings. The first-order chi connectivity index (χ1) is 5.13. The monoisotopic (exact) mass is 162 g/mol. The number of carbonyl (C=O) groups is 2. The summed E-state index contributed by atoms with van der Waals surface area (Å²) in [6, 6.07) is -0.994. The molecule has 0 aromatic heterocycles. The average Bonchev–Trinajstić information content (AvgIpc) is 1.88. The maximum atomic E-state index is 10.8. The molecule has 0 atom stereocenters. The van der Waals surface area contributed by atoms with Gasteiger partial charge in [-0.2, -0.15) is 0 Å². The largest absolute Gasteiger partial charge is 0.396 e. The summed E-state index contributed by atoms with van der Waals surface area (Å²) in [7, 11) is 1.14. The van der Waals surface area contributed by atoms with Crippen LogP contribution in [0.4, 0.5) is 4.79 Å². The van der Waals surface area contributed by atoms with Crippen LogP contribution in [0, 0.1) is 0 Å². The molecule has 3 N–H and O–H groups in total. The van der Waals surface area contributed by atoms with Gasteiger partial charge < -0.3 is 10.8 Å². The fourth-order valence-electron chi connectivity index (χ4n) is 0.512. The lowest BCUT2D eigenvalue weighted by Gasteiger charge is -2.13. The van der Waals surface area contributed by atoms with Crippen molar-refractivity contribution in [2.75, 3.05) is 13.7 Å². The zero-order valence-electron chi connectivity index (χ0n) is 6.11. The molecular weight excluding hydrogens is 152 g/mol. The first kappa shape index (κ1) is 9.86. The summed E-state index contributed by atoms with van der Waals surface area (Å²) < 4.78 is 0. The lowest BCUT2D eigenvalue weighted by molar-refractivity contribution is -0.160. The summed E-state index contributed by atoms with van der Waals surface area (Å²) >= 11 is 0. The highest BCUT2D eigenvalue weighted by atomic mass is 16.7. The van der Waals surface area contributed by atoms with Crippen LogP contribution in [0.1, 0.15) is 6.42 Å². The lowest BCUT2D eigenvalue weighted by Crippen LogP contribution is -2.40.